The van der Waals surface area contributed by atoms with Crippen LogP contribution in [0.5, 0.6) is 5.75 Å². The molecule has 0 bridgehead atoms. The molecule has 0 N–H and O–H groups in total. The number of hydrogen-bond acceptors (Lipinski definition) is 4. The fourth-order valence-electron chi connectivity index (χ4n) is 1.91. The molecule has 5 heteroatoms. The lowest BCUT2D eigenvalue weighted by molar-refractivity contribution is -0.133. The molecular formula is C18H17ClO4. The summed E-state index contributed by atoms with van der Waals surface area (Å²) in [6.07, 6.45) is -0.0868. The number of hydrogen-bond donors (Lipinski definition) is 0. The molecule has 0 aromatic heterocycles. The third-order valence-electron chi connectivity index (χ3n) is 2.91. The molecule has 0 amide bonds. The maximum Gasteiger partial charge on any atom is 0.338 e. The SMILES string of the molecule is CC(C)OC(=O)c1cccc(OC(=O)Cc2ccc(Cl)cc2)c1. The predicted octanol–water partition coefficient (Wildman–Crippen LogP) is 4.05. The van der Waals surface area contributed by atoms with Gasteiger partial charge in [-0.15, -0.1) is 0 Å². The van der Waals surface area contributed by atoms with E-state index < -0.39 is 11.9 Å². The van der Waals surface area contributed by atoms with Crippen molar-refractivity contribution in [3.05, 3.63) is 64.7 Å². The average molecular weight is 333 g/mol. The molecule has 2 aromatic carbocycles. The zero-order valence-electron chi connectivity index (χ0n) is 12.9. The summed E-state index contributed by atoms with van der Waals surface area (Å²) in [5, 5.41) is 0.610. The van der Waals surface area contributed by atoms with Gasteiger partial charge in [0.05, 0.1) is 18.1 Å². The van der Waals surface area contributed by atoms with Crippen molar-refractivity contribution in [1.82, 2.24) is 0 Å². The zero-order chi connectivity index (χ0) is 16.8. The van der Waals surface area contributed by atoms with Gasteiger partial charge in [0, 0.05) is 5.02 Å². The molecule has 23 heavy (non-hydrogen) atoms. The summed E-state index contributed by atoms with van der Waals surface area (Å²) >= 11 is 5.80. The van der Waals surface area contributed by atoms with Crippen molar-refractivity contribution >= 4 is 23.5 Å². The van der Waals surface area contributed by atoms with Crippen LogP contribution in [0.15, 0.2) is 48.5 Å². The zero-order valence-corrected chi connectivity index (χ0v) is 13.7. The van der Waals surface area contributed by atoms with Gasteiger partial charge in [0.25, 0.3) is 0 Å². The smallest absolute Gasteiger partial charge is 0.338 e. The maximum absolute atomic E-state index is 12.0. The summed E-state index contributed by atoms with van der Waals surface area (Å²) in [6, 6.07) is 13.3. The number of rotatable bonds is 5. The van der Waals surface area contributed by atoms with Gasteiger partial charge < -0.3 is 9.47 Å². The normalized spacial score (nSPS) is 10.4. The summed E-state index contributed by atoms with van der Waals surface area (Å²) in [6.45, 7) is 3.54. The van der Waals surface area contributed by atoms with E-state index in [1.54, 1.807) is 56.3 Å². The Bertz CT molecular complexity index is 692. The van der Waals surface area contributed by atoms with Crippen molar-refractivity contribution < 1.29 is 19.1 Å². The third kappa shape index (κ3) is 5.42. The van der Waals surface area contributed by atoms with Crippen LogP contribution in [0.2, 0.25) is 5.02 Å². The van der Waals surface area contributed by atoms with Crippen LogP contribution in [0.4, 0.5) is 0 Å². The molecule has 0 aliphatic rings. The molecule has 0 saturated heterocycles. The predicted molar refractivity (Wildman–Crippen MR) is 87.8 cm³/mol. The first-order valence-electron chi connectivity index (χ1n) is 7.20. The first-order chi connectivity index (χ1) is 10.9. The monoisotopic (exact) mass is 332 g/mol. The molecule has 2 rings (SSSR count). The molecule has 0 heterocycles. The molecule has 0 radical (unpaired) electrons. The fraction of sp³-hybridized carbons (Fsp3) is 0.222. The van der Waals surface area contributed by atoms with Gasteiger partial charge in [0.1, 0.15) is 5.75 Å². The van der Waals surface area contributed by atoms with Gasteiger partial charge in [-0.3, -0.25) is 4.79 Å². The molecule has 0 spiro atoms. The van der Waals surface area contributed by atoms with Gasteiger partial charge in [-0.1, -0.05) is 29.8 Å². The van der Waals surface area contributed by atoms with Crippen LogP contribution in [0.3, 0.4) is 0 Å². The lowest BCUT2D eigenvalue weighted by Crippen LogP contribution is -2.13. The Morgan fingerprint density at radius 1 is 1.09 bits per heavy atom. The van der Waals surface area contributed by atoms with Gasteiger partial charge in [-0.2, -0.15) is 0 Å². The highest BCUT2D eigenvalue weighted by Gasteiger charge is 2.12. The number of ether oxygens (including phenoxy) is 2. The number of esters is 2. The second-order valence-electron chi connectivity index (χ2n) is 5.26. The molecule has 0 unspecified atom stereocenters. The van der Waals surface area contributed by atoms with Crippen LogP contribution in [0, 0.1) is 0 Å². The number of benzene rings is 2. The minimum absolute atomic E-state index is 0.123. The van der Waals surface area contributed by atoms with Crippen LogP contribution in [-0.4, -0.2) is 18.0 Å². The molecule has 0 aliphatic carbocycles. The van der Waals surface area contributed by atoms with E-state index in [0.29, 0.717) is 16.3 Å². The topological polar surface area (TPSA) is 52.6 Å². The summed E-state index contributed by atoms with van der Waals surface area (Å²) in [5.41, 5.74) is 1.14. The molecule has 0 saturated carbocycles. The van der Waals surface area contributed by atoms with Crippen LogP contribution in [0.1, 0.15) is 29.8 Å². The quantitative estimate of drug-likeness (QED) is 0.612. The van der Waals surface area contributed by atoms with E-state index in [4.69, 9.17) is 21.1 Å². The van der Waals surface area contributed by atoms with E-state index in [1.807, 2.05) is 0 Å². The van der Waals surface area contributed by atoms with E-state index in [-0.39, 0.29) is 12.5 Å². The van der Waals surface area contributed by atoms with E-state index in [2.05, 4.69) is 0 Å². The number of halogens is 1. The highest BCUT2D eigenvalue weighted by atomic mass is 35.5. The second-order valence-corrected chi connectivity index (χ2v) is 5.70. The summed E-state index contributed by atoms with van der Waals surface area (Å²) in [5.74, 6) is -0.556. The minimum Gasteiger partial charge on any atom is -0.459 e. The maximum atomic E-state index is 12.0. The van der Waals surface area contributed by atoms with Crippen molar-refractivity contribution in [1.29, 1.82) is 0 Å². The van der Waals surface area contributed by atoms with Gasteiger partial charge >= 0.3 is 11.9 Å². The first kappa shape index (κ1) is 17.0. The van der Waals surface area contributed by atoms with Gasteiger partial charge in [-0.25, -0.2) is 4.79 Å². The standard InChI is InChI=1S/C18H17ClO4/c1-12(2)22-18(21)14-4-3-5-16(11-14)23-17(20)10-13-6-8-15(19)9-7-13/h3-9,11-12H,10H2,1-2H3. The molecule has 2 aromatic rings. The largest absolute Gasteiger partial charge is 0.459 e. The molecule has 4 nitrogen and oxygen atoms in total. The van der Waals surface area contributed by atoms with Crippen molar-refractivity contribution in [3.8, 4) is 5.75 Å². The Kier molecular flexibility index (Phi) is 5.77. The molecule has 0 fully saturated rings. The van der Waals surface area contributed by atoms with Crippen LogP contribution in [0.25, 0.3) is 0 Å². The Hall–Kier alpha value is -2.33. The van der Waals surface area contributed by atoms with E-state index in [1.165, 1.54) is 6.07 Å². The van der Waals surface area contributed by atoms with Gasteiger partial charge in [0.15, 0.2) is 0 Å². The average Bonchev–Trinajstić information content (AvgIpc) is 2.49. The molecule has 0 aliphatic heterocycles. The van der Waals surface area contributed by atoms with E-state index >= 15 is 0 Å². The Morgan fingerprint density at radius 3 is 2.43 bits per heavy atom. The number of carbonyl (C=O) groups excluding carboxylic acids is 2. The third-order valence-corrected chi connectivity index (χ3v) is 3.16. The lowest BCUT2D eigenvalue weighted by Gasteiger charge is -2.09. The van der Waals surface area contributed by atoms with Crippen molar-refractivity contribution in [2.45, 2.75) is 26.4 Å². The highest BCUT2D eigenvalue weighted by molar-refractivity contribution is 6.30. The Balaban J connectivity index is 2.00. The minimum atomic E-state index is -0.449. The van der Waals surface area contributed by atoms with E-state index in [0.717, 1.165) is 5.56 Å². The Labute approximate surface area is 140 Å². The van der Waals surface area contributed by atoms with Crippen molar-refractivity contribution in [2.75, 3.05) is 0 Å². The summed E-state index contributed by atoms with van der Waals surface area (Å²) in [4.78, 5) is 23.8. The summed E-state index contributed by atoms with van der Waals surface area (Å²) in [7, 11) is 0. The van der Waals surface area contributed by atoms with Crippen LogP contribution >= 0.6 is 11.6 Å². The molecular weight excluding hydrogens is 316 g/mol. The van der Waals surface area contributed by atoms with E-state index in [9.17, 15) is 9.59 Å². The van der Waals surface area contributed by atoms with Gasteiger partial charge in [0.2, 0.25) is 0 Å². The lowest BCUT2D eigenvalue weighted by atomic mass is 10.1. The van der Waals surface area contributed by atoms with Crippen molar-refractivity contribution in [2.24, 2.45) is 0 Å². The summed E-state index contributed by atoms with van der Waals surface area (Å²) < 4.78 is 10.4. The van der Waals surface area contributed by atoms with Crippen LogP contribution in [-0.2, 0) is 16.0 Å². The van der Waals surface area contributed by atoms with Crippen molar-refractivity contribution in [3.63, 3.8) is 0 Å². The fourth-order valence-corrected chi connectivity index (χ4v) is 2.03. The van der Waals surface area contributed by atoms with Gasteiger partial charge in [-0.05, 0) is 49.7 Å². The molecule has 120 valence electrons. The van der Waals surface area contributed by atoms with Crippen LogP contribution < -0.4 is 4.74 Å². The Morgan fingerprint density at radius 2 is 1.78 bits per heavy atom. The second kappa shape index (κ2) is 7.79. The number of carbonyl (C=O) groups is 2. The highest BCUT2D eigenvalue weighted by Crippen LogP contribution is 2.16. The first-order valence-corrected chi connectivity index (χ1v) is 7.58. The molecule has 0 atom stereocenters.